The van der Waals surface area contributed by atoms with Crippen molar-refractivity contribution < 1.29 is 85.4 Å². The number of rotatable bonds is 0. The van der Waals surface area contributed by atoms with E-state index in [0.29, 0.717) is 0 Å². The van der Waals surface area contributed by atoms with Crippen LogP contribution in [-0.2, 0) is 43.7 Å². The van der Waals surface area contributed by atoms with Gasteiger partial charge in [-0.05, 0) is 0 Å². The summed E-state index contributed by atoms with van der Waals surface area (Å²) < 4.78 is 0. The molecule has 1 radical (unpaired) electrons. The van der Waals surface area contributed by atoms with E-state index in [1.807, 2.05) is 0 Å². The molecule has 2 nitrogen and oxygen atoms in total. The van der Waals surface area contributed by atoms with Gasteiger partial charge in [0.25, 0.3) is 0 Å². The van der Waals surface area contributed by atoms with Crippen molar-refractivity contribution in [1.82, 2.24) is 0 Å². The molecule has 0 aromatic heterocycles. The molecular weight excluding hydrogens is 261 g/mol. The third-order valence-corrected chi connectivity index (χ3v) is 0. The fraction of sp³-hybridized carbons (Fsp3) is 0. The fourth-order valence-corrected chi connectivity index (χ4v) is 0. The molecular formula is CeO2Y+2. The maximum Gasteiger partial charge on any atom is 3.00 e. The molecule has 0 aliphatic carbocycles. The minimum atomic E-state index is 0. The summed E-state index contributed by atoms with van der Waals surface area (Å²) in [6.07, 6.45) is 0. The van der Waals surface area contributed by atoms with Gasteiger partial charge >= 0.3 is 74.5 Å². The Balaban J connectivity index is 0. The van der Waals surface area contributed by atoms with Crippen molar-refractivity contribution >= 4 is 0 Å². The van der Waals surface area contributed by atoms with Crippen LogP contribution in [0.1, 0.15) is 0 Å². The van der Waals surface area contributed by atoms with Gasteiger partial charge in [0.05, 0.1) is 0 Å². The third-order valence-electron chi connectivity index (χ3n) is 0. The van der Waals surface area contributed by atoms with Crippen LogP contribution in [0.25, 0.3) is 0 Å². The topological polar surface area (TPSA) is 57.0 Å². The molecule has 0 spiro atoms. The molecule has 0 fully saturated rings. The fourth-order valence-electron chi connectivity index (χ4n) is 0. The Hall–Kier alpha value is 2.40. The first-order chi connectivity index (χ1) is 0. The zero-order chi connectivity index (χ0) is 0. The van der Waals surface area contributed by atoms with E-state index in [1.54, 1.807) is 0 Å². The van der Waals surface area contributed by atoms with Crippen LogP contribution in [0.15, 0.2) is 0 Å². The predicted molar refractivity (Wildman–Crippen MR) is 1.37 cm³/mol. The Morgan fingerprint density at radius 1 is 0.750 bits per heavy atom. The van der Waals surface area contributed by atoms with Crippen molar-refractivity contribution in [2.45, 2.75) is 0 Å². The van der Waals surface area contributed by atoms with Crippen LogP contribution in [0.4, 0.5) is 0 Å². The van der Waals surface area contributed by atoms with Crippen molar-refractivity contribution in [3.05, 3.63) is 0 Å². The van der Waals surface area contributed by atoms with E-state index in [4.69, 9.17) is 0 Å². The van der Waals surface area contributed by atoms with Crippen LogP contribution < -0.4 is 0 Å². The summed E-state index contributed by atoms with van der Waals surface area (Å²) in [4.78, 5) is 0. The monoisotopic (exact) mass is 261 g/mol. The van der Waals surface area contributed by atoms with Crippen molar-refractivity contribution in [2.75, 3.05) is 0 Å². The molecule has 0 amide bonds. The van der Waals surface area contributed by atoms with Crippen LogP contribution in [0.3, 0.4) is 0 Å². The van der Waals surface area contributed by atoms with Crippen LogP contribution in [0.5, 0.6) is 0 Å². The van der Waals surface area contributed by atoms with Gasteiger partial charge in [-0.1, -0.05) is 0 Å². The Labute approximate surface area is 83.6 Å². The molecule has 0 N–H and O–H groups in total. The quantitative estimate of drug-likeness (QED) is 0.578. The van der Waals surface area contributed by atoms with Crippen LogP contribution in [-0.4, -0.2) is 0 Å². The van der Waals surface area contributed by atoms with Crippen LogP contribution in [0.2, 0.25) is 0 Å². The standard InChI is InChI=1S/Ce.2O.Y/q+3;2*-2;+3. The minimum Gasteiger partial charge on any atom is -2.00 e. The van der Waals surface area contributed by atoms with Crippen LogP contribution in [0, 0.1) is 41.7 Å². The van der Waals surface area contributed by atoms with E-state index in [0.717, 1.165) is 0 Å². The van der Waals surface area contributed by atoms with Crippen molar-refractivity contribution in [3.63, 3.8) is 0 Å². The SMILES string of the molecule is [Ce+3].[O-2].[O-2].[Y+3]. The van der Waals surface area contributed by atoms with E-state index in [-0.39, 0.29) is 85.4 Å². The molecule has 0 rings (SSSR count). The van der Waals surface area contributed by atoms with Gasteiger partial charge in [0.2, 0.25) is 0 Å². The van der Waals surface area contributed by atoms with Gasteiger partial charge in [-0.2, -0.15) is 0 Å². The van der Waals surface area contributed by atoms with E-state index < -0.39 is 0 Å². The normalized spacial score (nSPS) is 0. The van der Waals surface area contributed by atoms with E-state index in [1.165, 1.54) is 0 Å². The third kappa shape index (κ3) is 8.83. The Bertz CT molecular complexity index is 6.00. The molecule has 4 heteroatoms. The summed E-state index contributed by atoms with van der Waals surface area (Å²) in [6, 6.07) is 0. The molecule has 0 unspecified atom stereocenters. The summed E-state index contributed by atoms with van der Waals surface area (Å²) >= 11 is 0. The van der Waals surface area contributed by atoms with E-state index in [2.05, 4.69) is 0 Å². The summed E-state index contributed by atoms with van der Waals surface area (Å²) in [6.45, 7) is 0. The minimum absolute atomic E-state index is 0. The van der Waals surface area contributed by atoms with E-state index in [9.17, 15) is 0 Å². The number of hydrogen-bond acceptors (Lipinski definition) is 0. The second kappa shape index (κ2) is 18.1. The molecule has 0 saturated carbocycles. The van der Waals surface area contributed by atoms with Gasteiger partial charge in [0, 0.05) is 0 Å². The molecule has 0 aliphatic heterocycles. The summed E-state index contributed by atoms with van der Waals surface area (Å²) in [5.74, 6) is 0. The zero-order valence-corrected chi connectivity index (χ0v) is 7.87. The first-order valence-electron chi connectivity index (χ1n) is 0. The maximum absolute atomic E-state index is 0. The van der Waals surface area contributed by atoms with Gasteiger partial charge in [0.1, 0.15) is 0 Å². The van der Waals surface area contributed by atoms with Gasteiger partial charge in [-0.3, -0.25) is 0 Å². The predicted octanol–water partition coefficient (Wildman–Crippen LogP) is -0.240. The molecule has 0 aliphatic rings. The van der Waals surface area contributed by atoms with Crippen molar-refractivity contribution in [3.8, 4) is 0 Å². The molecule has 0 heterocycles. The molecule has 0 atom stereocenters. The summed E-state index contributed by atoms with van der Waals surface area (Å²) in [5, 5.41) is 0. The Morgan fingerprint density at radius 2 is 0.750 bits per heavy atom. The molecule has 0 aromatic rings. The van der Waals surface area contributed by atoms with Gasteiger partial charge in [-0.25, -0.2) is 0 Å². The number of hydrogen-bond donors (Lipinski definition) is 0. The average Bonchev–Trinajstić information content (AvgIpc) is 0. The second-order valence-corrected chi connectivity index (χ2v) is 0. The second-order valence-electron chi connectivity index (χ2n) is 0. The zero-order valence-electron chi connectivity index (χ0n) is 1.89. The first-order valence-corrected chi connectivity index (χ1v) is 0. The van der Waals surface area contributed by atoms with Crippen LogP contribution >= 0.6 is 0 Å². The average molecular weight is 261 g/mol. The summed E-state index contributed by atoms with van der Waals surface area (Å²) in [5.41, 5.74) is 0. The molecule has 4 heavy (non-hydrogen) atoms. The molecule has 0 aromatic carbocycles. The van der Waals surface area contributed by atoms with Crippen molar-refractivity contribution in [1.29, 1.82) is 0 Å². The smallest absolute Gasteiger partial charge is 2.00 e. The largest absolute Gasteiger partial charge is 3.00 e. The van der Waals surface area contributed by atoms with Gasteiger partial charge < -0.3 is 11.0 Å². The summed E-state index contributed by atoms with van der Waals surface area (Å²) in [7, 11) is 0. The molecule has 0 saturated heterocycles. The van der Waals surface area contributed by atoms with Crippen molar-refractivity contribution in [2.24, 2.45) is 0 Å². The maximum atomic E-state index is 0. The Kier molecular flexibility index (Phi) is 147. The van der Waals surface area contributed by atoms with Gasteiger partial charge in [-0.15, -0.1) is 0 Å². The molecule has 0 bridgehead atoms. The van der Waals surface area contributed by atoms with E-state index >= 15 is 0 Å². The first kappa shape index (κ1) is 32.4. The molecule has 17 valence electrons. The van der Waals surface area contributed by atoms with Gasteiger partial charge in [0.15, 0.2) is 0 Å². The Morgan fingerprint density at radius 3 is 0.750 bits per heavy atom.